The second-order valence-electron chi connectivity index (χ2n) is 3.84. The standard InChI is InChI=1S/C12H10N4O/c1-7-9-11(15-13-7)10(14-16-12(9)17)8-5-3-2-4-6-8/h2-6H,1H3,(H,13,15)(H,16,17). The number of benzene rings is 1. The van der Waals surface area contributed by atoms with Crippen LogP contribution in [0.5, 0.6) is 0 Å². The minimum Gasteiger partial charge on any atom is -0.281 e. The molecule has 0 saturated heterocycles. The van der Waals surface area contributed by atoms with Crippen molar-refractivity contribution in [3.63, 3.8) is 0 Å². The lowest BCUT2D eigenvalue weighted by atomic mass is 10.1. The van der Waals surface area contributed by atoms with E-state index in [9.17, 15) is 4.79 Å². The van der Waals surface area contributed by atoms with Gasteiger partial charge in [0.05, 0.1) is 5.39 Å². The van der Waals surface area contributed by atoms with Gasteiger partial charge in [0.15, 0.2) is 0 Å². The molecular formula is C12H10N4O. The summed E-state index contributed by atoms with van der Waals surface area (Å²) < 4.78 is 0. The second kappa shape index (κ2) is 3.55. The predicted octanol–water partition coefficient (Wildman–Crippen LogP) is 1.62. The monoisotopic (exact) mass is 226 g/mol. The number of rotatable bonds is 1. The Morgan fingerprint density at radius 1 is 1.06 bits per heavy atom. The van der Waals surface area contributed by atoms with Crippen molar-refractivity contribution >= 4 is 10.9 Å². The average Bonchev–Trinajstić information content (AvgIpc) is 2.74. The first-order valence-electron chi connectivity index (χ1n) is 5.26. The van der Waals surface area contributed by atoms with Gasteiger partial charge in [0.2, 0.25) is 0 Å². The van der Waals surface area contributed by atoms with Crippen molar-refractivity contribution in [1.82, 2.24) is 20.4 Å². The molecule has 17 heavy (non-hydrogen) atoms. The number of aromatic amines is 2. The number of H-pyrrole nitrogens is 2. The zero-order chi connectivity index (χ0) is 11.8. The first-order valence-corrected chi connectivity index (χ1v) is 5.26. The number of hydrogen-bond donors (Lipinski definition) is 2. The number of hydrogen-bond acceptors (Lipinski definition) is 3. The highest BCUT2D eigenvalue weighted by Crippen LogP contribution is 2.22. The molecule has 2 N–H and O–H groups in total. The molecule has 0 aliphatic rings. The smallest absolute Gasteiger partial charge is 0.275 e. The lowest BCUT2D eigenvalue weighted by Gasteiger charge is -2.00. The molecule has 0 spiro atoms. The van der Waals surface area contributed by atoms with Crippen LogP contribution in [-0.2, 0) is 0 Å². The van der Waals surface area contributed by atoms with E-state index >= 15 is 0 Å². The largest absolute Gasteiger partial charge is 0.281 e. The van der Waals surface area contributed by atoms with E-state index in [4.69, 9.17) is 0 Å². The summed E-state index contributed by atoms with van der Waals surface area (Å²) >= 11 is 0. The van der Waals surface area contributed by atoms with Crippen LogP contribution < -0.4 is 5.56 Å². The van der Waals surface area contributed by atoms with Crippen molar-refractivity contribution in [3.8, 4) is 11.3 Å². The lowest BCUT2D eigenvalue weighted by Crippen LogP contribution is -2.09. The molecule has 0 unspecified atom stereocenters. The normalized spacial score (nSPS) is 10.9. The Bertz CT molecular complexity index is 727. The van der Waals surface area contributed by atoms with Gasteiger partial charge < -0.3 is 0 Å². The number of nitrogens with one attached hydrogen (secondary N) is 2. The average molecular weight is 226 g/mol. The number of nitrogens with zero attached hydrogens (tertiary/aromatic N) is 2. The second-order valence-corrected chi connectivity index (χ2v) is 3.84. The van der Waals surface area contributed by atoms with E-state index in [1.807, 2.05) is 37.3 Å². The molecule has 0 saturated carbocycles. The van der Waals surface area contributed by atoms with Crippen LogP contribution in [0.15, 0.2) is 35.1 Å². The fraction of sp³-hybridized carbons (Fsp3) is 0.0833. The molecule has 1 aromatic carbocycles. The highest BCUT2D eigenvalue weighted by molar-refractivity contribution is 5.91. The number of aryl methyl sites for hydroxylation is 1. The Kier molecular flexibility index (Phi) is 2.04. The maximum atomic E-state index is 11.7. The third-order valence-corrected chi connectivity index (χ3v) is 2.72. The fourth-order valence-electron chi connectivity index (χ4n) is 1.89. The first kappa shape index (κ1) is 9.77. The summed E-state index contributed by atoms with van der Waals surface area (Å²) in [6.45, 7) is 1.82. The zero-order valence-corrected chi connectivity index (χ0v) is 9.19. The molecule has 0 atom stereocenters. The minimum absolute atomic E-state index is 0.217. The van der Waals surface area contributed by atoms with Gasteiger partial charge in [-0.25, -0.2) is 5.10 Å². The van der Waals surface area contributed by atoms with Crippen LogP contribution in [0.25, 0.3) is 22.2 Å². The number of aromatic nitrogens is 4. The molecule has 0 amide bonds. The third-order valence-electron chi connectivity index (χ3n) is 2.72. The molecule has 5 nitrogen and oxygen atoms in total. The maximum Gasteiger partial charge on any atom is 0.275 e. The van der Waals surface area contributed by atoms with Gasteiger partial charge in [-0.2, -0.15) is 10.2 Å². The zero-order valence-electron chi connectivity index (χ0n) is 9.19. The molecule has 0 fully saturated rings. The Balaban J connectivity index is 2.40. The van der Waals surface area contributed by atoms with Crippen molar-refractivity contribution in [3.05, 3.63) is 46.4 Å². The van der Waals surface area contributed by atoms with Crippen LogP contribution in [0.4, 0.5) is 0 Å². The Morgan fingerprint density at radius 3 is 2.59 bits per heavy atom. The van der Waals surface area contributed by atoms with Crippen molar-refractivity contribution < 1.29 is 0 Å². The molecule has 3 aromatic rings. The van der Waals surface area contributed by atoms with E-state index in [2.05, 4.69) is 20.4 Å². The van der Waals surface area contributed by atoms with E-state index in [-0.39, 0.29) is 5.56 Å². The van der Waals surface area contributed by atoms with E-state index in [1.165, 1.54) is 0 Å². The molecule has 2 heterocycles. The Morgan fingerprint density at radius 2 is 1.82 bits per heavy atom. The van der Waals surface area contributed by atoms with Crippen LogP contribution in [0.2, 0.25) is 0 Å². The summed E-state index contributed by atoms with van der Waals surface area (Å²) in [5.41, 5.74) is 2.76. The van der Waals surface area contributed by atoms with Gasteiger partial charge >= 0.3 is 0 Å². The van der Waals surface area contributed by atoms with Gasteiger partial charge in [-0.3, -0.25) is 9.89 Å². The van der Waals surface area contributed by atoms with Gasteiger partial charge in [0.1, 0.15) is 11.2 Å². The molecule has 0 aliphatic heterocycles. The molecule has 2 aromatic heterocycles. The Labute approximate surface area is 96.5 Å². The van der Waals surface area contributed by atoms with Crippen molar-refractivity contribution in [2.24, 2.45) is 0 Å². The van der Waals surface area contributed by atoms with Crippen LogP contribution in [-0.4, -0.2) is 20.4 Å². The predicted molar refractivity (Wildman–Crippen MR) is 64.7 cm³/mol. The molecule has 5 heteroatoms. The van der Waals surface area contributed by atoms with E-state index in [1.54, 1.807) is 0 Å². The summed E-state index contributed by atoms with van der Waals surface area (Å²) in [6.07, 6.45) is 0. The lowest BCUT2D eigenvalue weighted by molar-refractivity contribution is 1.01. The molecule has 0 aliphatic carbocycles. The summed E-state index contributed by atoms with van der Waals surface area (Å²) in [5.74, 6) is 0. The summed E-state index contributed by atoms with van der Waals surface area (Å²) in [5, 5.41) is 14.1. The summed E-state index contributed by atoms with van der Waals surface area (Å²) in [4.78, 5) is 11.7. The first-order chi connectivity index (χ1) is 8.27. The topological polar surface area (TPSA) is 74.4 Å². The maximum absolute atomic E-state index is 11.7. The Hall–Kier alpha value is -2.43. The molecule has 3 rings (SSSR count). The highest BCUT2D eigenvalue weighted by atomic mass is 16.1. The van der Waals surface area contributed by atoms with E-state index in [0.717, 1.165) is 11.3 Å². The van der Waals surface area contributed by atoms with Crippen molar-refractivity contribution in [2.75, 3.05) is 0 Å². The van der Waals surface area contributed by atoms with E-state index < -0.39 is 0 Å². The van der Waals surface area contributed by atoms with Gasteiger partial charge in [-0.15, -0.1) is 0 Å². The van der Waals surface area contributed by atoms with Crippen molar-refractivity contribution in [2.45, 2.75) is 6.92 Å². The van der Waals surface area contributed by atoms with Crippen LogP contribution in [0.3, 0.4) is 0 Å². The minimum atomic E-state index is -0.217. The van der Waals surface area contributed by atoms with Crippen LogP contribution >= 0.6 is 0 Å². The fourth-order valence-corrected chi connectivity index (χ4v) is 1.89. The highest BCUT2D eigenvalue weighted by Gasteiger charge is 2.13. The van der Waals surface area contributed by atoms with E-state index in [0.29, 0.717) is 16.6 Å². The summed E-state index contributed by atoms with van der Waals surface area (Å²) in [7, 11) is 0. The van der Waals surface area contributed by atoms with Crippen LogP contribution in [0.1, 0.15) is 5.69 Å². The SMILES string of the molecule is Cc1[nH]nc2c(-c3ccccc3)n[nH]c(=O)c12. The van der Waals surface area contributed by atoms with Gasteiger partial charge in [0, 0.05) is 11.3 Å². The quantitative estimate of drug-likeness (QED) is 0.662. The molecule has 0 radical (unpaired) electrons. The summed E-state index contributed by atoms with van der Waals surface area (Å²) in [6, 6.07) is 9.65. The van der Waals surface area contributed by atoms with Gasteiger partial charge in [-0.1, -0.05) is 30.3 Å². The molecule has 0 bridgehead atoms. The molecule has 84 valence electrons. The van der Waals surface area contributed by atoms with Gasteiger partial charge in [-0.05, 0) is 6.92 Å². The molecular weight excluding hydrogens is 216 g/mol. The van der Waals surface area contributed by atoms with Crippen LogP contribution in [0, 0.1) is 6.92 Å². The number of fused-ring (bicyclic) bond motifs is 1. The third kappa shape index (κ3) is 1.44. The van der Waals surface area contributed by atoms with Gasteiger partial charge in [0.25, 0.3) is 5.56 Å². The van der Waals surface area contributed by atoms with Crippen molar-refractivity contribution in [1.29, 1.82) is 0 Å².